The van der Waals surface area contributed by atoms with E-state index in [4.69, 9.17) is 0 Å². The zero-order valence-electron chi connectivity index (χ0n) is 10.7. The van der Waals surface area contributed by atoms with Crippen molar-refractivity contribution < 1.29 is 9.18 Å². The van der Waals surface area contributed by atoms with Crippen LogP contribution in [0.3, 0.4) is 0 Å². The molecule has 0 saturated heterocycles. The summed E-state index contributed by atoms with van der Waals surface area (Å²) in [4.78, 5) is 13.8. The number of benzene rings is 1. The van der Waals surface area contributed by atoms with Crippen LogP contribution in [0, 0.1) is 11.7 Å². The van der Waals surface area contributed by atoms with Crippen molar-refractivity contribution in [1.82, 2.24) is 4.90 Å². The van der Waals surface area contributed by atoms with Gasteiger partial charge < -0.3 is 4.90 Å². The Kier molecular flexibility index (Phi) is 5.13. The van der Waals surface area contributed by atoms with E-state index >= 15 is 0 Å². The fourth-order valence-electron chi connectivity index (χ4n) is 1.62. The molecule has 0 bridgehead atoms. The molecule has 17 heavy (non-hydrogen) atoms. The smallest absolute Gasteiger partial charge is 0.256 e. The molecule has 1 amide bonds. The average Bonchev–Trinajstić information content (AvgIpc) is 2.29. The van der Waals surface area contributed by atoms with Gasteiger partial charge >= 0.3 is 0 Å². The van der Waals surface area contributed by atoms with E-state index in [0.717, 1.165) is 6.42 Å². The van der Waals surface area contributed by atoms with E-state index in [-0.39, 0.29) is 11.5 Å². The van der Waals surface area contributed by atoms with Crippen molar-refractivity contribution in [2.45, 2.75) is 27.2 Å². The Labute approximate surface area is 102 Å². The van der Waals surface area contributed by atoms with Crippen molar-refractivity contribution in [2.24, 2.45) is 5.92 Å². The second-order valence-corrected chi connectivity index (χ2v) is 4.55. The molecule has 0 unspecified atom stereocenters. The Morgan fingerprint density at radius 3 is 2.53 bits per heavy atom. The summed E-state index contributed by atoms with van der Waals surface area (Å²) in [5.41, 5.74) is 0.165. The van der Waals surface area contributed by atoms with E-state index in [2.05, 4.69) is 13.8 Å². The highest BCUT2D eigenvalue weighted by Gasteiger charge is 2.17. The lowest BCUT2D eigenvalue weighted by Gasteiger charge is -2.22. The molecule has 94 valence electrons. The van der Waals surface area contributed by atoms with E-state index in [1.165, 1.54) is 12.1 Å². The van der Waals surface area contributed by atoms with Crippen molar-refractivity contribution in [2.75, 3.05) is 13.1 Å². The zero-order chi connectivity index (χ0) is 12.8. The van der Waals surface area contributed by atoms with Crippen LogP contribution in [-0.4, -0.2) is 23.9 Å². The van der Waals surface area contributed by atoms with Crippen molar-refractivity contribution in [1.29, 1.82) is 0 Å². The molecular weight excluding hydrogens is 217 g/mol. The lowest BCUT2D eigenvalue weighted by Crippen LogP contribution is -2.32. The molecule has 0 aromatic heterocycles. The van der Waals surface area contributed by atoms with Crippen LogP contribution in [-0.2, 0) is 0 Å². The van der Waals surface area contributed by atoms with Gasteiger partial charge in [-0.25, -0.2) is 4.39 Å². The maximum absolute atomic E-state index is 13.5. The van der Waals surface area contributed by atoms with Gasteiger partial charge in [0.25, 0.3) is 5.91 Å². The summed E-state index contributed by atoms with van der Waals surface area (Å²) in [6.45, 7) is 7.43. The molecule has 1 aromatic carbocycles. The lowest BCUT2D eigenvalue weighted by atomic mass is 10.1. The van der Waals surface area contributed by atoms with Crippen LogP contribution in [0.25, 0.3) is 0 Å². The first-order chi connectivity index (χ1) is 8.06. The summed E-state index contributed by atoms with van der Waals surface area (Å²) in [5, 5.41) is 0. The summed E-state index contributed by atoms with van der Waals surface area (Å²) in [5.74, 6) is -0.121. The van der Waals surface area contributed by atoms with Crippen LogP contribution in [0.15, 0.2) is 24.3 Å². The summed E-state index contributed by atoms with van der Waals surface area (Å²) >= 11 is 0. The first-order valence-electron chi connectivity index (χ1n) is 6.10. The number of nitrogens with zero attached hydrogens (tertiary/aromatic N) is 1. The third-order valence-corrected chi connectivity index (χ3v) is 2.75. The highest BCUT2D eigenvalue weighted by atomic mass is 19.1. The van der Waals surface area contributed by atoms with Crippen LogP contribution in [0.5, 0.6) is 0 Å². The van der Waals surface area contributed by atoms with E-state index in [0.29, 0.717) is 19.0 Å². The maximum atomic E-state index is 13.5. The first-order valence-corrected chi connectivity index (χ1v) is 6.10. The molecule has 0 aliphatic rings. The fraction of sp³-hybridized carbons (Fsp3) is 0.500. The van der Waals surface area contributed by atoms with Gasteiger partial charge in [-0.2, -0.15) is 0 Å². The van der Waals surface area contributed by atoms with Crippen LogP contribution >= 0.6 is 0 Å². The van der Waals surface area contributed by atoms with Gasteiger partial charge in [0.15, 0.2) is 0 Å². The number of carbonyl (C=O) groups is 1. The Hall–Kier alpha value is -1.38. The standard InChI is InChI=1S/C14H20FNO/c1-4-16(10-9-11(2)3)14(17)12-7-5-6-8-13(12)15/h5-8,11H,4,9-10H2,1-3H3. The van der Waals surface area contributed by atoms with Crippen LogP contribution < -0.4 is 0 Å². The van der Waals surface area contributed by atoms with Gasteiger partial charge in [0.05, 0.1) is 5.56 Å². The molecule has 0 heterocycles. The largest absolute Gasteiger partial charge is 0.339 e. The van der Waals surface area contributed by atoms with Crippen molar-refractivity contribution in [3.63, 3.8) is 0 Å². The van der Waals surface area contributed by atoms with E-state index < -0.39 is 5.82 Å². The average molecular weight is 237 g/mol. The van der Waals surface area contributed by atoms with Gasteiger partial charge in [-0.3, -0.25) is 4.79 Å². The third-order valence-electron chi connectivity index (χ3n) is 2.75. The Morgan fingerprint density at radius 1 is 1.35 bits per heavy atom. The molecule has 1 aromatic rings. The van der Waals surface area contributed by atoms with E-state index in [1.807, 2.05) is 6.92 Å². The highest BCUT2D eigenvalue weighted by molar-refractivity contribution is 5.94. The second-order valence-electron chi connectivity index (χ2n) is 4.55. The van der Waals surface area contributed by atoms with Crippen LogP contribution in [0.1, 0.15) is 37.6 Å². The number of hydrogen-bond donors (Lipinski definition) is 0. The topological polar surface area (TPSA) is 20.3 Å². The van der Waals surface area contributed by atoms with Crippen molar-refractivity contribution >= 4 is 5.91 Å². The number of amides is 1. The minimum atomic E-state index is -0.444. The zero-order valence-corrected chi connectivity index (χ0v) is 10.7. The maximum Gasteiger partial charge on any atom is 0.256 e. The highest BCUT2D eigenvalue weighted by Crippen LogP contribution is 2.11. The van der Waals surface area contributed by atoms with Gasteiger partial charge in [0.2, 0.25) is 0 Å². The summed E-state index contributed by atoms with van der Waals surface area (Å²) in [6, 6.07) is 6.14. The predicted molar refractivity (Wildman–Crippen MR) is 67.4 cm³/mol. The normalized spacial score (nSPS) is 10.6. The van der Waals surface area contributed by atoms with Crippen LogP contribution in [0.4, 0.5) is 4.39 Å². The van der Waals surface area contributed by atoms with Crippen molar-refractivity contribution in [3.05, 3.63) is 35.6 Å². The molecule has 0 radical (unpaired) electrons. The quantitative estimate of drug-likeness (QED) is 0.769. The number of carbonyl (C=O) groups excluding carboxylic acids is 1. The molecule has 0 atom stereocenters. The monoisotopic (exact) mass is 237 g/mol. The summed E-state index contributed by atoms with van der Waals surface area (Å²) < 4.78 is 13.5. The molecule has 0 aliphatic carbocycles. The van der Waals surface area contributed by atoms with E-state index in [9.17, 15) is 9.18 Å². The Balaban J connectivity index is 2.76. The lowest BCUT2D eigenvalue weighted by molar-refractivity contribution is 0.0753. The van der Waals surface area contributed by atoms with Crippen molar-refractivity contribution in [3.8, 4) is 0 Å². The molecule has 0 N–H and O–H groups in total. The van der Waals surface area contributed by atoms with Gasteiger partial charge in [0.1, 0.15) is 5.82 Å². The molecule has 3 heteroatoms. The molecule has 0 fully saturated rings. The van der Waals surface area contributed by atoms with Gasteiger partial charge in [-0.15, -0.1) is 0 Å². The van der Waals surface area contributed by atoms with Gasteiger partial charge in [-0.05, 0) is 31.4 Å². The number of halogens is 1. The minimum absolute atomic E-state index is 0.165. The van der Waals surface area contributed by atoms with Gasteiger partial charge in [0, 0.05) is 13.1 Å². The first kappa shape index (κ1) is 13.7. The minimum Gasteiger partial charge on any atom is -0.339 e. The fourth-order valence-corrected chi connectivity index (χ4v) is 1.62. The molecular formula is C14H20FNO. The molecule has 0 spiro atoms. The number of hydrogen-bond acceptors (Lipinski definition) is 1. The molecule has 2 nitrogen and oxygen atoms in total. The van der Waals surface area contributed by atoms with Gasteiger partial charge in [-0.1, -0.05) is 26.0 Å². The summed E-state index contributed by atoms with van der Waals surface area (Å²) in [7, 11) is 0. The molecule has 0 saturated carbocycles. The molecule has 1 rings (SSSR count). The third kappa shape index (κ3) is 3.84. The summed E-state index contributed by atoms with van der Waals surface area (Å²) in [6.07, 6.45) is 0.939. The van der Waals surface area contributed by atoms with E-state index in [1.54, 1.807) is 17.0 Å². The predicted octanol–water partition coefficient (Wildman–Crippen LogP) is 3.33. The Morgan fingerprint density at radius 2 is 2.00 bits per heavy atom. The van der Waals surface area contributed by atoms with Crippen LogP contribution in [0.2, 0.25) is 0 Å². The Bertz CT molecular complexity index is 376. The second kappa shape index (κ2) is 6.38. The SMILES string of the molecule is CCN(CCC(C)C)C(=O)c1ccccc1F. The molecule has 0 aliphatic heterocycles. The number of rotatable bonds is 5.